The average molecular weight is 266 g/mol. The van der Waals surface area contributed by atoms with E-state index < -0.39 is 11.6 Å². The predicted molar refractivity (Wildman–Crippen MR) is 70.6 cm³/mol. The Morgan fingerprint density at radius 3 is 2.37 bits per heavy atom. The summed E-state index contributed by atoms with van der Waals surface area (Å²) in [7, 11) is 0. The van der Waals surface area contributed by atoms with Crippen molar-refractivity contribution in [3.63, 3.8) is 0 Å². The van der Waals surface area contributed by atoms with Crippen LogP contribution in [0.1, 0.15) is 46.0 Å². The second-order valence-corrected chi connectivity index (χ2v) is 6.46. The predicted octanol–water partition coefficient (Wildman–Crippen LogP) is 2.16. The lowest BCUT2D eigenvalue weighted by Gasteiger charge is -2.49. The van der Waals surface area contributed by atoms with E-state index in [1.165, 1.54) is 6.92 Å². The topological polar surface area (TPSA) is 74.6 Å². The average Bonchev–Trinajstić information content (AvgIpc) is 2.59. The molecule has 2 saturated carbocycles. The molecule has 0 radical (unpaired) electrons. The first-order chi connectivity index (χ1) is 8.71. The van der Waals surface area contributed by atoms with Crippen molar-refractivity contribution in [2.45, 2.75) is 51.6 Å². The summed E-state index contributed by atoms with van der Waals surface area (Å²) in [5.74, 6) is -1.58. The zero-order valence-electron chi connectivity index (χ0n) is 11.6. The van der Waals surface area contributed by atoms with Crippen molar-refractivity contribution in [2.24, 2.45) is 17.3 Å². The molecule has 2 N–H and O–H groups in total. The fraction of sp³-hybridized carbons (Fsp3) is 0.733. The smallest absolute Gasteiger partial charge is 0.331 e. The van der Waals surface area contributed by atoms with E-state index in [1.807, 2.05) is 6.92 Å². The van der Waals surface area contributed by atoms with Gasteiger partial charge in [-0.15, -0.1) is 0 Å². The van der Waals surface area contributed by atoms with Crippen molar-refractivity contribution in [3.05, 3.63) is 12.2 Å². The maximum atomic E-state index is 11.8. The lowest BCUT2D eigenvalue weighted by atomic mass is 9.59. The third-order valence-electron chi connectivity index (χ3n) is 5.47. The van der Waals surface area contributed by atoms with Gasteiger partial charge in [-0.3, -0.25) is 4.79 Å². The van der Waals surface area contributed by atoms with Gasteiger partial charge >= 0.3 is 5.97 Å². The summed E-state index contributed by atoms with van der Waals surface area (Å²) in [5, 5.41) is 20.1. The quantitative estimate of drug-likeness (QED) is 0.768. The highest BCUT2D eigenvalue weighted by molar-refractivity contribution is 5.86. The van der Waals surface area contributed by atoms with Crippen LogP contribution in [0.25, 0.3) is 0 Å². The molecule has 0 saturated heterocycles. The van der Waals surface area contributed by atoms with Crippen LogP contribution >= 0.6 is 0 Å². The lowest BCUT2D eigenvalue weighted by Crippen LogP contribution is -2.53. The van der Waals surface area contributed by atoms with Crippen molar-refractivity contribution < 1.29 is 19.8 Å². The number of carboxylic acid groups (broad SMARTS) is 1. The lowest BCUT2D eigenvalue weighted by molar-refractivity contribution is -0.148. The summed E-state index contributed by atoms with van der Waals surface area (Å²) < 4.78 is 0. The molecule has 2 aliphatic carbocycles. The second-order valence-electron chi connectivity index (χ2n) is 6.46. The standard InChI is InChI=1S/C15H22O4/c1-9(13(17)18)11-4-6-14(3)7-5-12(10(2)16)15(14,19)8-11/h11-12,19H,1,4-8H2,2-3H3,(H,17,18)/t11-,12?,14+,15+/m1/s1. The fourth-order valence-electron chi connectivity index (χ4n) is 4.05. The number of aliphatic carboxylic acids is 1. The van der Waals surface area contributed by atoms with Crippen molar-refractivity contribution in [3.8, 4) is 0 Å². The zero-order valence-corrected chi connectivity index (χ0v) is 11.6. The third kappa shape index (κ3) is 2.02. The van der Waals surface area contributed by atoms with Crippen LogP contribution in [0.15, 0.2) is 12.2 Å². The highest BCUT2D eigenvalue weighted by Gasteiger charge is 2.60. The van der Waals surface area contributed by atoms with E-state index in [9.17, 15) is 14.7 Å². The van der Waals surface area contributed by atoms with Crippen LogP contribution in [0.3, 0.4) is 0 Å². The Balaban J connectivity index is 2.29. The van der Waals surface area contributed by atoms with E-state index in [1.54, 1.807) is 0 Å². The summed E-state index contributed by atoms with van der Waals surface area (Å²) in [6.45, 7) is 7.16. The summed E-state index contributed by atoms with van der Waals surface area (Å²) in [4.78, 5) is 22.8. The van der Waals surface area contributed by atoms with E-state index in [2.05, 4.69) is 6.58 Å². The van der Waals surface area contributed by atoms with Gasteiger partial charge in [0.05, 0.1) is 5.60 Å². The SMILES string of the molecule is C=C(C(=O)O)[C@@H]1CC[C@@]2(C)CCC(C(C)=O)[C@@]2(O)C1. The zero-order chi connectivity index (χ0) is 14.4. The molecule has 0 aromatic rings. The summed E-state index contributed by atoms with van der Waals surface area (Å²) in [5.41, 5.74) is -1.18. The summed E-state index contributed by atoms with van der Waals surface area (Å²) in [6, 6.07) is 0. The molecule has 0 heterocycles. The number of carbonyl (C=O) groups is 2. The number of carboxylic acids is 1. The second kappa shape index (κ2) is 4.44. The summed E-state index contributed by atoms with van der Waals surface area (Å²) in [6.07, 6.45) is 3.37. The molecule has 0 aliphatic heterocycles. The Bertz CT molecular complexity index is 441. The molecule has 1 unspecified atom stereocenters. The van der Waals surface area contributed by atoms with E-state index >= 15 is 0 Å². The molecule has 0 aromatic carbocycles. The minimum absolute atomic E-state index is 0.00723. The molecule has 4 heteroatoms. The number of hydrogen-bond acceptors (Lipinski definition) is 3. The van der Waals surface area contributed by atoms with Gasteiger partial charge in [0.15, 0.2) is 0 Å². The van der Waals surface area contributed by atoms with Gasteiger partial charge in [-0.2, -0.15) is 0 Å². The van der Waals surface area contributed by atoms with Crippen LogP contribution in [-0.4, -0.2) is 27.6 Å². The highest BCUT2D eigenvalue weighted by atomic mass is 16.4. The molecule has 19 heavy (non-hydrogen) atoms. The Morgan fingerprint density at radius 1 is 1.26 bits per heavy atom. The van der Waals surface area contributed by atoms with Crippen LogP contribution in [0.5, 0.6) is 0 Å². The number of hydrogen-bond donors (Lipinski definition) is 2. The molecule has 0 spiro atoms. The van der Waals surface area contributed by atoms with Crippen molar-refractivity contribution in [1.82, 2.24) is 0 Å². The van der Waals surface area contributed by atoms with Crippen LogP contribution in [0, 0.1) is 17.3 Å². The molecule has 0 aromatic heterocycles. The van der Waals surface area contributed by atoms with Gasteiger partial charge in [0.2, 0.25) is 0 Å². The van der Waals surface area contributed by atoms with Crippen molar-refractivity contribution in [1.29, 1.82) is 0 Å². The Morgan fingerprint density at radius 2 is 1.84 bits per heavy atom. The molecule has 2 aliphatic rings. The molecule has 0 amide bonds. The molecule has 4 atom stereocenters. The van der Waals surface area contributed by atoms with Gasteiger partial charge in [-0.1, -0.05) is 13.5 Å². The monoisotopic (exact) mass is 266 g/mol. The van der Waals surface area contributed by atoms with Gasteiger partial charge in [0.1, 0.15) is 5.78 Å². The maximum Gasteiger partial charge on any atom is 0.331 e. The first kappa shape index (κ1) is 14.3. The van der Waals surface area contributed by atoms with Crippen molar-refractivity contribution >= 4 is 11.8 Å². The van der Waals surface area contributed by atoms with Crippen molar-refractivity contribution in [2.75, 3.05) is 0 Å². The number of aliphatic hydroxyl groups is 1. The minimum atomic E-state index is -1.07. The first-order valence-electron chi connectivity index (χ1n) is 6.86. The molecular formula is C15H22O4. The van der Waals surface area contributed by atoms with Crippen LogP contribution in [-0.2, 0) is 9.59 Å². The number of carbonyl (C=O) groups excluding carboxylic acids is 1. The third-order valence-corrected chi connectivity index (χ3v) is 5.47. The van der Waals surface area contributed by atoms with Gasteiger partial charge < -0.3 is 10.2 Å². The Hall–Kier alpha value is -1.16. The van der Waals surface area contributed by atoms with Crippen LogP contribution < -0.4 is 0 Å². The normalized spacial score (nSPS) is 41.6. The molecule has 4 nitrogen and oxygen atoms in total. The molecule has 0 bridgehead atoms. The van der Waals surface area contributed by atoms with E-state index in [0.29, 0.717) is 12.8 Å². The molecule has 106 valence electrons. The largest absolute Gasteiger partial charge is 0.478 e. The fourth-order valence-corrected chi connectivity index (χ4v) is 4.05. The number of rotatable bonds is 3. The van der Waals surface area contributed by atoms with Crippen LogP contribution in [0.2, 0.25) is 0 Å². The van der Waals surface area contributed by atoms with E-state index in [4.69, 9.17) is 5.11 Å². The van der Waals surface area contributed by atoms with Gasteiger partial charge in [-0.25, -0.2) is 4.79 Å². The van der Waals surface area contributed by atoms with Gasteiger partial charge in [-0.05, 0) is 50.4 Å². The summed E-state index contributed by atoms with van der Waals surface area (Å²) >= 11 is 0. The minimum Gasteiger partial charge on any atom is -0.478 e. The number of fused-ring (bicyclic) bond motifs is 1. The maximum absolute atomic E-state index is 11.8. The molecule has 2 fully saturated rings. The highest BCUT2D eigenvalue weighted by Crippen LogP contribution is 2.59. The molecular weight excluding hydrogens is 244 g/mol. The van der Waals surface area contributed by atoms with Gasteiger partial charge in [0.25, 0.3) is 0 Å². The van der Waals surface area contributed by atoms with Gasteiger partial charge in [0, 0.05) is 11.5 Å². The Kier molecular flexibility index (Phi) is 3.33. The van der Waals surface area contributed by atoms with Crippen LogP contribution in [0.4, 0.5) is 0 Å². The number of ketones is 1. The van der Waals surface area contributed by atoms with E-state index in [0.717, 1.165) is 19.3 Å². The first-order valence-corrected chi connectivity index (χ1v) is 6.86. The molecule has 2 rings (SSSR count). The number of Topliss-reactive ketones (excluding diaryl/α,β-unsaturated/α-hetero) is 1. The Labute approximate surface area is 113 Å². The van der Waals surface area contributed by atoms with E-state index in [-0.39, 0.29) is 28.6 Å².